The minimum Gasteiger partial charge on any atom is -0.0654 e. The Labute approximate surface area is 193 Å². The largest absolute Gasteiger partial charge is 0.0654 e. The average molecular weight is 417 g/mol. The second-order valence-corrected chi connectivity index (χ2v) is 8.63. The van der Waals surface area contributed by atoms with Gasteiger partial charge in [0.1, 0.15) is 0 Å². The van der Waals surface area contributed by atoms with Crippen molar-refractivity contribution in [2.75, 3.05) is 0 Å². The van der Waals surface area contributed by atoms with Gasteiger partial charge in [0.2, 0.25) is 0 Å². The van der Waals surface area contributed by atoms with Gasteiger partial charge in [-0.1, -0.05) is 106 Å². The van der Waals surface area contributed by atoms with Gasteiger partial charge < -0.3 is 0 Å². The molecule has 0 atom stereocenters. The van der Waals surface area contributed by atoms with Crippen molar-refractivity contribution in [3.63, 3.8) is 0 Å². The minimum atomic E-state index is 1.04. The Morgan fingerprint density at radius 2 is 1.09 bits per heavy atom. The maximum absolute atomic E-state index is 3.33. The van der Waals surface area contributed by atoms with Crippen LogP contribution in [-0.2, 0) is 12.8 Å². The molecular weight excluding hydrogens is 384 g/mol. The Balaban J connectivity index is 1.44. The summed E-state index contributed by atoms with van der Waals surface area (Å²) in [4.78, 5) is 0. The first-order valence-electron chi connectivity index (χ1n) is 12.0. The first-order valence-corrected chi connectivity index (χ1v) is 12.0. The van der Waals surface area contributed by atoms with E-state index in [1.54, 1.807) is 0 Å². The monoisotopic (exact) mass is 416 g/mol. The zero-order chi connectivity index (χ0) is 22.2. The lowest BCUT2D eigenvalue weighted by Crippen LogP contribution is -1.86. The Hall–Kier alpha value is -3.30. The fraction of sp³-hybridized carbons (Fsp3) is 0.250. The summed E-state index contributed by atoms with van der Waals surface area (Å²) in [5, 5.41) is 2.55. The zero-order valence-electron chi connectivity index (χ0n) is 19.3. The molecule has 0 heterocycles. The van der Waals surface area contributed by atoms with Crippen molar-refractivity contribution in [3.05, 3.63) is 107 Å². The van der Waals surface area contributed by atoms with Gasteiger partial charge in [-0.2, -0.15) is 0 Å². The highest BCUT2D eigenvalue weighted by atomic mass is 14.0. The van der Waals surface area contributed by atoms with E-state index in [9.17, 15) is 0 Å². The molecule has 0 amide bonds. The van der Waals surface area contributed by atoms with Crippen LogP contribution in [0.15, 0.2) is 84.9 Å². The van der Waals surface area contributed by atoms with Gasteiger partial charge in [0, 0.05) is 11.1 Å². The van der Waals surface area contributed by atoms with Gasteiger partial charge in [0.15, 0.2) is 0 Å². The maximum Gasteiger partial charge on any atom is 0.0255 e. The topological polar surface area (TPSA) is 0 Å². The molecule has 0 heteroatoms. The third kappa shape index (κ3) is 5.68. The third-order valence-corrected chi connectivity index (χ3v) is 6.04. The number of rotatable bonds is 7. The molecule has 0 aliphatic heterocycles. The third-order valence-electron chi connectivity index (χ3n) is 6.04. The fourth-order valence-corrected chi connectivity index (χ4v) is 4.15. The standard InChI is InChI=1S/C32H32/c1-3-5-6-8-25-11-17-29(18-12-25)30-19-13-26(14-20-30)9-10-28-16-22-31-23-27(7-4-2)15-21-32(31)24-28/h11-24H,3-8H2,1-2H3. The zero-order valence-corrected chi connectivity index (χ0v) is 19.3. The van der Waals surface area contributed by atoms with Crippen LogP contribution in [0.25, 0.3) is 21.9 Å². The summed E-state index contributed by atoms with van der Waals surface area (Å²) in [6.45, 7) is 4.47. The van der Waals surface area contributed by atoms with Crippen LogP contribution in [0.4, 0.5) is 0 Å². The summed E-state index contributed by atoms with van der Waals surface area (Å²) in [7, 11) is 0. The number of benzene rings is 4. The van der Waals surface area contributed by atoms with E-state index in [2.05, 4.69) is 111 Å². The summed E-state index contributed by atoms with van der Waals surface area (Å²) in [5.41, 5.74) is 7.45. The van der Waals surface area contributed by atoms with Crippen LogP contribution in [-0.4, -0.2) is 0 Å². The van der Waals surface area contributed by atoms with Gasteiger partial charge in [0.05, 0.1) is 0 Å². The number of unbranched alkanes of at least 4 members (excludes halogenated alkanes) is 2. The van der Waals surface area contributed by atoms with Crippen LogP contribution in [0.3, 0.4) is 0 Å². The van der Waals surface area contributed by atoms with Crippen molar-refractivity contribution in [2.45, 2.75) is 52.4 Å². The molecule has 0 bridgehead atoms. The first kappa shape index (κ1) is 21.9. The van der Waals surface area contributed by atoms with Crippen LogP contribution >= 0.6 is 0 Å². The van der Waals surface area contributed by atoms with Crippen molar-refractivity contribution < 1.29 is 0 Å². The number of aryl methyl sites for hydroxylation is 2. The Kier molecular flexibility index (Phi) is 7.42. The fourth-order valence-electron chi connectivity index (χ4n) is 4.15. The molecule has 160 valence electrons. The van der Waals surface area contributed by atoms with E-state index in [0.717, 1.165) is 17.5 Å². The van der Waals surface area contributed by atoms with Gasteiger partial charge in [-0.05, 0) is 76.6 Å². The molecule has 0 saturated carbocycles. The highest BCUT2D eigenvalue weighted by molar-refractivity contribution is 5.84. The predicted octanol–water partition coefficient (Wildman–Crippen LogP) is 8.59. The normalized spacial score (nSPS) is 10.7. The van der Waals surface area contributed by atoms with Gasteiger partial charge in [-0.25, -0.2) is 0 Å². The Bertz CT molecular complexity index is 1220. The molecule has 4 aromatic carbocycles. The summed E-state index contributed by atoms with van der Waals surface area (Å²) in [5.74, 6) is 6.66. The molecule has 0 unspecified atom stereocenters. The molecule has 0 aliphatic rings. The number of hydrogen-bond acceptors (Lipinski definition) is 0. The molecule has 4 aromatic rings. The molecule has 0 saturated heterocycles. The van der Waals surface area contributed by atoms with Crippen molar-refractivity contribution >= 4 is 10.8 Å². The molecule has 0 nitrogen and oxygen atoms in total. The molecule has 0 N–H and O–H groups in total. The molecule has 0 radical (unpaired) electrons. The van der Waals surface area contributed by atoms with Gasteiger partial charge in [-0.3, -0.25) is 0 Å². The van der Waals surface area contributed by atoms with Crippen molar-refractivity contribution in [3.8, 4) is 23.0 Å². The Morgan fingerprint density at radius 1 is 0.500 bits per heavy atom. The molecule has 0 aromatic heterocycles. The molecule has 4 rings (SSSR count). The predicted molar refractivity (Wildman–Crippen MR) is 139 cm³/mol. The van der Waals surface area contributed by atoms with E-state index >= 15 is 0 Å². The molecule has 0 fully saturated rings. The van der Waals surface area contributed by atoms with E-state index < -0.39 is 0 Å². The van der Waals surface area contributed by atoms with Crippen LogP contribution < -0.4 is 0 Å². The van der Waals surface area contributed by atoms with Gasteiger partial charge in [-0.15, -0.1) is 0 Å². The minimum absolute atomic E-state index is 1.04. The molecular formula is C32H32. The summed E-state index contributed by atoms with van der Waals surface area (Å²) >= 11 is 0. The SMILES string of the molecule is CCCCCc1ccc(-c2ccc(C#Cc3ccc4cc(CCC)ccc4c3)cc2)cc1. The average Bonchev–Trinajstić information content (AvgIpc) is 2.84. The van der Waals surface area contributed by atoms with Crippen molar-refractivity contribution in [2.24, 2.45) is 0 Å². The summed E-state index contributed by atoms with van der Waals surface area (Å²) in [6, 6.07) is 30.9. The van der Waals surface area contributed by atoms with Crippen LogP contribution in [0.5, 0.6) is 0 Å². The van der Waals surface area contributed by atoms with Crippen LogP contribution in [0.1, 0.15) is 61.8 Å². The van der Waals surface area contributed by atoms with Crippen LogP contribution in [0.2, 0.25) is 0 Å². The molecule has 0 aliphatic carbocycles. The van der Waals surface area contributed by atoms with Gasteiger partial charge >= 0.3 is 0 Å². The molecule has 0 spiro atoms. The van der Waals surface area contributed by atoms with Crippen LogP contribution in [0, 0.1) is 11.8 Å². The van der Waals surface area contributed by atoms with Crippen molar-refractivity contribution in [1.82, 2.24) is 0 Å². The maximum atomic E-state index is 3.33. The quantitative estimate of drug-likeness (QED) is 0.209. The highest BCUT2D eigenvalue weighted by Crippen LogP contribution is 2.22. The summed E-state index contributed by atoms with van der Waals surface area (Å²) in [6.07, 6.45) is 7.35. The lowest BCUT2D eigenvalue weighted by molar-refractivity contribution is 0.717. The number of hydrogen-bond donors (Lipinski definition) is 0. The second-order valence-electron chi connectivity index (χ2n) is 8.63. The van der Waals surface area contributed by atoms with E-state index in [4.69, 9.17) is 0 Å². The Morgan fingerprint density at radius 3 is 1.81 bits per heavy atom. The first-order chi connectivity index (χ1) is 15.7. The van der Waals surface area contributed by atoms with Crippen molar-refractivity contribution in [1.29, 1.82) is 0 Å². The number of fused-ring (bicyclic) bond motifs is 1. The van der Waals surface area contributed by atoms with E-state index in [1.165, 1.54) is 65.1 Å². The van der Waals surface area contributed by atoms with E-state index in [1.807, 2.05) is 0 Å². The van der Waals surface area contributed by atoms with E-state index in [-0.39, 0.29) is 0 Å². The molecule has 32 heavy (non-hydrogen) atoms. The second kappa shape index (κ2) is 10.8. The van der Waals surface area contributed by atoms with Gasteiger partial charge in [0.25, 0.3) is 0 Å². The lowest BCUT2D eigenvalue weighted by Gasteiger charge is -2.05. The van der Waals surface area contributed by atoms with E-state index in [0.29, 0.717) is 0 Å². The highest BCUT2D eigenvalue weighted by Gasteiger charge is 2.00. The summed E-state index contributed by atoms with van der Waals surface area (Å²) < 4.78 is 0. The smallest absolute Gasteiger partial charge is 0.0255 e. The lowest BCUT2D eigenvalue weighted by atomic mass is 10.0.